The Morgan fingerprint density at radius 1 is 1.13 bits per heavy atom. The molecule has 0 radical (unpaired) electrons. The van der Waals surface area contributed by atoms with Gasteiger partial charge in [0.2, 0.25) is 0 Å². The molecule has 1 atom stereocenters. The lowest BCUT2D eigenvalue weighted by Gasteiger charge is -2.15. The predicted octanol–water partition coefficient (Wildman–Crippen LogP) is 3.68. The minimum absolute atomic E-state index is 0.0976. The maximum atomic E-state index is 12.4. The third-order valence-corrected chi connectivity index (χ3v) is 4.96. The van der Waals surface area contributed by atoms with Crippen LogP contribution in [0.2, 0.25) is 0 Å². The Labute approximate surface area is 135 Å². The standard InChI is InChI=1S/C16H17NO5S/c1-11-7-8-16(12(2)9-11)23(20,21)22-13(3)14-5-4-6-15(10-14)17(18)19/h4-10,13H,1-3H3. The van der Waals surface area contributed by atoms with Gasteiger partial charge in [-0.05, 0) is 38.0 Å². The SMILES string of the molecule is Cc1ccc(S(=O)(=O)OC(C)c2cccc([N+](=O)[O-])c2)c(C)c1. The van der Waals surface area contributed by atoms with E-state index in [1.54, 1.807) is 32.0 Å². The molecule has 0 aliphatic carbocycles. The smallest absolute Gasteiger partial charge is 0.258 e. The average molecular weight is 335 g/mol. The predicted molar refractivity (Wildman–Crippen MR) is 85.7 cm³/mol. The number of nitro groups is 1. The van der Waals surface area contributed by atoms with Crippen LogP contribution in [0.15, 0.2) is 47.4 Å². The number of non-ortho nitro benzene ring substituents is 1. The lowest BCUT2D eigenvalue weighted by atomic mass is 10.1. The summed E-state index contributed by atoms with van der Waals surface area (Å²) in [5.74, 6) is 0. The van der Waals surface area contributed by atoms with Crippen LogP contribution in [0.1, 0.15) is 29.7 Å². The van der Waals surface area contributed by atoms with E-state index >= 15 is 0 Å². The summed E-state index contributed by atoms with van der Waals surface area (Å²) in [6.45, 7) is 5.11. The van der Waals surface area contributed by atoms with Crippen LogP contribution < -0.4 is 0 Å². The van der Waals surface area contributed by atoms with Gasteiger partial charge in [-0.15, -0.1) is 0 Å². The number of aryl methyl sites for hydroxylation is 2. The van der Waals surface area contributed by atoms with E-state index in [1.165, 1.54) is 24.3 Å². The zero-order valence-electron chi connectivity index (χ0n) is 13.0. The summed E-state index contributed by atoms with van der Waals surface area (Å²) >= 11 is 0. The van der Waals surface area contributed by atoms with Crippen LogP contribution >= 0.6 is 0 Å². The largest absolute Gasteiger partial charge is 0.297 e. The van der Waals surface area contributed by atoms with E-state index in [2.05, 4.69) is 0 Å². The molecule has 0 saturated heterocycles. The molecule has 23 heavy (non-hydrogen) atoms. The Balaban J connectivity index is 2.29. The molecule has 0 heterocycles. The summed E-state index contributed by atoms with van der Waals surface area (Å²) < 4.78 is 30.0. The molecule has 122 valence electrons. The quantitative estimate of drug-likeness (QED) is 0.472. The molecular weight excluding hydrogens is 318 g/mol. The number of hydrogen-bond donors (Lipinski definition) is 0. The monoisotopic (exact) mass is 335 g/mol. The Hall–Kier alpha value is -2.25. The molecule has 2 rings (SSSR count). The summed E-state index contributed by atoms with van der Waals surface area (Å²) in [6, 6.07) is 10.7. The number of benzene rings is 2. The van der Waals surface area contributed by atoms with Gasteiger partial charge in [0.05, 0.1) is 15.9 Å². The maximum absolute atomic E-state index is 12.4. The van der Waals surface area contributed by atoms with Crippen molar-refractivity contribution >= 4 is 15.8 Å². The minimum Gasteiger partial charge on any atom is -0.258 e. The van der Waals surface area contributed by atoms with Gasteiger partial charge in [0.1, 0.15) is 0 Å². The van der Waals surface area contributed by atoms with E-state index in [1.807, 2.05) is 6.92 Å². The van der Waals surface area contributed by atoms with E-state index in [0.717, 1.165) is 5.56 Å². The molecule has 0 aromatic heterocycles. The van der Waals surface area contributed by atoms with Crippen molar-refractivity contribution in [3.8, 4) is 0 Å². The van der Waals surface area contributed by atoms with Crippen LogP contribution in [0.3, 0.4) is 0 Å². The van der Waals surface area contributed by atoms with Crippen LogP contribution in [0.25, 0.3) is 0 Å². The second-order valence-corrected chi connectivity index (χ2v) is 6.85. The van der Waals surface area contributed by atoms with Crippen molar-refractivity contribution in [3.63, 3.8) is 0 Å². The molecule has 0 aliphatic heterocycles. The minimum atomic E-state index is -3.96. The van der Waals surface area contributed by atoms with Crippen LogP contribution in [0.5, 0.6) is 0 Å². The first kappa shape index (κ1) is 17.1. The van der Waals surface area contributed by atoms with Crippen LogP contribution in [-0.4, -0.2) is 13.3 Å². The molecule has 7 heteroatoms. The fraction of sp³-hybridized carbons (Fsp3) is 0.250. The lowest BCUT2D eigenvalue weighted by molar-refractivity contribution is -0.385. The van der Waals surface area contributed by atoms with Crippen molar-refractivity contribution < 1.29 is 17.5 Å². The first-order valence-corrected chi connectivity index (χ1v) is 8.36. The number of hydrogen-bond acceptors (Lipinski definition) is 5. The molecule has 0 spiro atoms. The molecular formula is C16H17NO5S. The molecule has 2 aromatic carbocycles. The highest BCUT2D eigenvalue weighted by atomic mass is 32.2. The number of nitro benzene ring substituents is 1. The second kappa shape index (κ2) is 6.47. The zero-order valence-corrected chi connectivity index (χ0v) is 13.8. The number of nitrogens with zero attached hydrogens (tertiary/aromatic N) is 1. The van der Waals surface area contributed by atoms with Gasteiger partial charge in [-0.25, -0.2) is 0 Å². The third-order valence-electron chi connectivity index (χ3n) is 3.42. The van der Waals surface area contributed by atoms with Crippen molar-refractivity contribution in [3.05, 3.63) is 69.3 Å². The van der Waals surface area contributed by atoms with Crippen LogP contribution in [0.4, 0.5) is 5.69 Å². The van der Waals surface area contributed by atoms with E-state index in [4.69, 9.17) is 4.18 Å². The van der Waals surface area contributed by atoms with Gasteiger partial charge in [0.15, 0.2) is 0 Å². The topological polar surface area (TPSA) is 86.5 Å². The number of rotatable bonds is 5. The van der Waals surface area contributed by atoms with Crippen molar-refractivity contribution in [1.82, 2.24) is 0 Å². The first-order valence-electron chi connectivity index (χ1n) is 6.95. The third kappa shape index (κ3) is 3.94. The van der Waals surface area contributed by atoms with Crippen LogP contribution in [-0.2, 0) is 14.3 Å². The van der Waals surface area contributed by atoms with Gasteiger partial charge < -0.3 is 0 Å². The average Bonchev–Trinajstić information content (AvgIpc) is 2.46. The van der Waals surface area contributed by atoms with Crippen molar-refractivity contribution in [2.75, 3.05) is 0 Å². The Morgan fingerprint density at radius 3 is 2.43 bits per heavy atom. The van der Waals surface area contributed by atoms with E-state index in [-0.39, 0.29) is 10.6 Å². The van der Waals surface area contributed by atoms with Crippen molar-refractivity contribution in [2.24, 2.45) is 0 Å². The van der Waals surface area contributed by atoms with Gasteiger partial charge in [-0.3, -0.25) is 14.3 Å². The van der Waals surface area contributed by atoms with E-state index < -0.39 is 21.1 Å². The maximum Gasteiger partial charge on any atom is 0.297 e. The molecule has 6 nitrogen and oxygen atoms in total. The lowest BCUT2D eigenvalue weighted by Crippen LogP contribution is -2.11. The summed E-state index contributed by atoms with van der Waals surface area (Å²) in [4.78, 5) is 10.4. The van der Waals surface area contributed by atoms with E-state index in [9.17, 15) is 18.5 Å². The van der Waals surface area contributed by atoms with Gasteiger partial charge >= 0.3 is 0 Å². The second-order valence-electron chi connectivity index (χ2n) is 5.31. The zero-order chi connectivity index (χ0) is 17.2. The van der Waals surface area contributed by atoms with Gasteiger partial charge in [0, 0.05) is 12.1 Å². The van der Waals surface area contributed by atoms with Gasteiger partial charge in [0.25, 0.3) is 15.8 Å². The fourth-order valence-electron chi connectivity index (χ4n) is 2.27. The highest BCUT2D eigenvalue weighted by Crippen LogP contribution is 2.27. The Bertz CT molecular complexity index is 845. The molecule has 0 aliphatic rings. The van der Waals surface area contributed by atoms with E-state index in [0.29, 0.717) is 11.1 Å². The van der Waals surface area contributed by atoms with Gasteiger partial charge in [-0.1, -0.05) is 29.8 Å². The molecule has 0 N–H and O–H groups in total. The molecule has 2 aromatic rings. The molecule has 0 bridgehead atoms. The van der Waals surface area contributed by atoms with Gasteiger partial charge in [-0.2, -0.15) is 8.42 Å². The Kier molecular flexibility index (Phi) is 4.82. The molecule has 0 fully saturated rings. The molecule has 0 saturated carbocycles. The summed E-state index contributed by atoms with van der Waals surface area (Å²) in [5, 5.41) is 10.8. The van der Waals surface area contributed by atoms with Crippen LogP contribution in [0, 0.1) is 24.0 Å². The summed E-state index contributed by atoms with van der Waals surface area (Å²) in [6.07, 6.45) is -0.833. The normalized spacial score (nSPS) is 12.8. The van der Waals surface area contributed by atoms with Crippen molar-refractivity contribution in [1.29, 1.82) is 0 Å². The fourth-order valence-corrected chi connectivity index (χ4v) is 3.55. The molecule has 1 unspecified atom stereocenters. The highest BCUT2D eigenvalue weighted by molar-refractivity contribution is 7.86. The summed E-state index contributed by atoms with van der Waals surface area (Å²) in [5.41, 5.74) is 1.86. The molecule has 0 amide bonds. The summed E-state index contributed by atoms with van der Waals surface area (Å²) in [7, 11) is -3.96. The van der Waals surface area contributed by atoms with Crippen molar-refractivity contribution in [2.45, 2.75) is 31.8 Å². The highest BCUT2D eigenvalue weighted by Gasteiger charge is 2.23. The Morgan fingerprint density at radius 2 is 1.83 bits per heavy atom. The first-order chi connectivity index (χ1) is 10.7.